The molecule has 0 unspecified atom stereocenters. The minimum absolute atomic E-state index is 0.0409. The van der Waals surface area contributed by atoms with Crippen LogP contribution in [0.2, 0.25) is 10.0 Å². The third kappa shape index (κ3) is 7.34. The van der Waals surface area contributed by atoms with Gasteiger partial charge in [-0.25, -0.2) is 10.4 Å². The Labute approximate surface area is 254 Å². The summed E-state index contributed by atoms with van der Waals surface area (Å²) in [5.41, 5.74) is 15.9. The van der Waals surface area contributed by atoms with E-state index < -0.39 is 17.6 Å². The maximum atomic E-state index is 14.2. The molecule has 10 nitrogen and oxygen atoms in total. The molecule has 1 aliphatic rings. The van der Waals surface area contributed by atoms with E-state index in [-0.39, 0.29) is 31.5 Å². The fraction of sp³-hybridized carbons (Fsp3) is 0.333. The molecule has 1 aliphatic heterocycles. The van der Waals surface area contributed by atoms with Crippen LogP contribution >= 0.6 is 23.2 Å². The normalized spacial score (nSPS) is 17.8. The van der Waals surface area contributed by atoms with Crippen molar-refractivity contribution in [2.45, 2.75) is 50.9 Å². The molecule has 12 heteroatoms. The summed E-state index contributed by atoms with van der Waals surface area (Å²) in [5.74, 6) is 0.449. The van der Waals surface area contributed by atoms with E-state index in [1.807, 2.05) is 38.1 Å². The average molecular weight is 612 g/mol. The summed E-state index contributed by atoms with van der Waals surface area (Å²) in [7, 11) is 0. The Bertz CT molecular complexity index is 1480. The predicted molar refractivity (Wildman–Crippen MR) is 163 cm³/mol. The van der Waals surface area contributed by atoms with Gasteiger partial charge in [0.2, 0.25) is 5.90 Å². The van der Waals surface area contributed by atoms with Gasteiger partial charge in [0.05, 0.1) is 13.2 Å². The Balaban J connectivity index is 1.84. The fourth-order valence-electron chi connectivity index (χ4n) is 4.57. The second kappa shape index (κ2) is 14.4. The topological polar surface area (TPSA) is 141 Å². The smallest absolute Gasteiger partial charge is 0.266 e. The number of aliphatic imine (C=N–C) groups is 1. The number of hydrogen-bond acceptors (Lipinski definition) is 7. The summed E-state index contributed by atoms with van der Waals surface area (Å²) < 4.78 is 12.2. The van der Waals surface area contributed by atoms with E-state index in [2.05, 4.69) is 20.9 Å². The first kappa shape index (κ1) is 31.2. The monoisotopic (exact) mass is 610 g/mol. The van der Waals surface area contributed by atoms with E-state index in [9.17, 15) is 4.79 Å². The Hall–Kier alpha value is -3.79. The van der Waals surface area contributed by atoms with Crippen LogP contribution in [0.3, 0.4) is 0 Å². The molecule has 3 aromatic carbocycles. The first-order valence-electron chi connectivity index (χ1n) is 13.5. The molecular weight excluding hydrogens is 579 g/mol. The van der Waals surface area contributed by atoms with Crippen molar-refractivity contribution in [1.82, 2.24) is 10.9 Å². The molecule has 0 saturated heterocycles. The number of nitrogens with one attached hydrogen (secondary N) is 2. The molecule has 0 aliphatic carbocycles. The molecule has 0 aromatic heterocycles. The lowest BCUT2D eigenvalue weighted by atomic mass is 9.81. The molecule has 0 spiro atoms. The van der Waals surface area contributed by atoms with Gasteiger partial charge in [-0.05, 0) is 66.9 Å². The largest absolute Gasteiger partial charge is 0.494 e. The Morgan fingerprint density at radius 3 is 2.57 bits per heavy atom. The van der Waals surface area contributed by atoms with Gasteiger partial charge in [0.15, 0.2) is 11.6 Å². The number of aliphatic hydroxyl groups excluding tert-OH is 1. The summed E-state index contributed by atoms with van der Waals surface area (Å²) in [6, 6.07) is 19.5. The highest BCUT2D eigenvalue weighted by molar-refractivity contribution is 6.35. The summed E-state index contributed by atoms with van der Waals surface area (Å²) in [5, 5.41) is 13.5. The molecule has 2 atom stereocenters. The SMILES string of the molecule is CC(C)NNC(=O)[C@@]1(Cc2ccccc2CN=[N+]=[N-])N=C(c2ccc(OCCCO)cc2)O[C@H]1c1ccc(Cl)cc1Cl. The van der Waals surface area contributed by atoms with E-state index in [1.165, 1.54) is 0 Å². The van der Waals surface area contributed by atoms with Crippen molar-refractivity contribution in [2.75, 3.05) is 13.2 Å². The molecule has 0 fully saturated rings. The summed E-state index contributed by atoms with van der Waals surface area (Å²) in [6.07, 6.45) is -0.297. The van der Waals surface area contributed by atoms with Crippen molar-refractivity contribution in [3.05, 3.63) is 109 Å². The maximum absolute atomic E-state index is 14.2. The van der Waals surface area contributed by atoms with Crippen molar-refractivity contribution in [3.63, 3.8) is 0 Å². The number of amides is 1. The number of hydrazine groups is 1. The number of halogens is 2. The first-order valence-corrected chi connectivity index (χ1v) is 14.2. The Morgan fingerprint density at radius 1 is 1.17 bits per heavy atom. The number of carbonyl (C=O) groups excluding carboxylic acids is 1. The third-order valence-corrected chi connectivity index (χ3v) is 7.19. The minimum atomic E-state index is -1.52. The average Bonchev–Trinajstić information content (AvgIpc) is 3.36. The number of rotatable bonds is 13. The maximum Gasteiger partial charge on any atom is 0.266 e. The molecule has 1 heterocycles. The number of nitrogens with zero attached hydrogens (tertiary/aromatic N) is 4. The molecule has 0 saturated carbocycles. The highest BCUT2D eigenvalue weighted by Crippen LogP contribution is 2.45. The molecule has 42 heavy (non-hydrogen) atoms. The first-order chi connectivity index (χ1) is 20.3. The van der Waals surface area contributed by atoms with E-state index in [4.69, 9.17) is 48.3 Å². The van der Waals surface area contributed by atoms with Gasteiger partial charge in [-0.1, -0.05) is 58.6 Å². The molecule has 220 valence electrons. The number of ether oxygens (including phenoxy) is 2. The van der Waals surface area contributed by atoms with E-state index >= 15 is 0 Å². The van der Waals surface area contributed by atoms with Gasteiger partial charge in [-0.3, -0.25) is 10.2 Å². The van der Waals surface area contributed by atoms with Crippen molar-refractivity contribution in [2.24, 2.45) is 10.1 Å². The third-order valence-electron chi connectivity index (χ3n) is 6.63. The minimum Gasteiger partial charge on any atom is -0.494 e. The summed E-state index contributed by atoms with van der Waals surface area (Å²) in [4.78, 5) is 22.1. The van der Waals surface area contributed by atoms with Gasteiger partial charge in [-0.15, -0.1) is 0 Å². The van der Waals surface area contributed by atoms with Crippen molar-refractivity contribution in [3.8, 4) is 5.75 Å². The molecule has 3 N–H and O–H groups in total. The molecule has 4 rings (SSSR count). The number of benzene rings is 3. The van der Waals surface area contributed by atoms with Gasteiger partial charge in [0, 0.05) is 51.6 Å². The zero-order valence-corrected chi connectivity index (χ0v) is 24.8. The Morgan fingerprint density at radius 2 is 1.90 bits per heavy atom. The second-order valence-electron chi connectivity index (χ2n) is 10.0. The standard InChI is InChI=1S/C30H32Cl2N6O4/c1-19(2)36-37-29(40)30(17-21-6-3-4-7-22(21)18-34-38-33)27(25-13-10-23(31)16-26(25)32)42-28(35-30)20-8-11-24(12-9-20)41-15-5-14-39/h3-4,6-13,16,19,27,36,39H,5,14-15,17-18H2,1-2H3,(H,37,40)/t27-,30-/m0/s1. The summed E-state index contributed by atoms with van der Waals surface area (Å²) in [6.45, 7) is 4.33. The van der Waals surface area contributed by atoms with Crippen molar-refractivity contribution >= 4 is 35.0 Å². The molecule has 3 aromatic rings. The fourth-order valence-corrected chi connectivity index (χ4v) is 5.08. The van der Waals surface area contributed by atoms with Gasteiger partial charge < -0.3 is 14.6 Å². The van der Waals surface area contributed by atoms with Gasteiger partial charge >= 0.3 is 0 Å². The van der Waals surface area contributed by atoms with Crippen LogP contribution in [0.25, 0.3) is 10.4 Å². The zero-order valence-electron chi connectivity index (χ0n) is 23.3. The number of hydrogen-bond donors (Lipinski definition) is 3. The number of aliphatic hydroxyl groups is 1. The predicted octanol–water partition coefficient (Wildman–Crippen LogP) is 6.09. The van der Waals surface area contributed by atoms with Crippen LogP contribution in [0.4, 0.5) is 0 Å². The molecule has 0 radical (unpaired) electrons. The van der Waals surface area contributed by atoms with E-state index in [0.717, 1.165) is 11.1 Å². The number of carbonyl (C=O) groups is 1. The second-order valence-corrected chi connectivity index (χ2v) is 10.9. The lowest BCUT2D eigenvalue weighted by molar-refractivity contribution is -0.130. The van der Waals surface area contributed by atoms with Crippen LogP contribution in [-0.4, -0.2) is 41.7 Å². The lowest BCUT2D eigenvalue weighted by Gasteiger charge is -2.32. The summed E-state index contributed by atoms with van der Waals surface area (Å²) >= 11 is 12.9. The van der Waals surface area contributed by atoms with Crippen LogP contribution in [0.15, 0.2) is 76.8 Å². The quantitative estimate of drug-likeness (QED) is 0.0705. The van der Waals surface area contributed by atoms with Crippen LogP contribution in [0, 0.1) is 0 Å². The van der Waals surface area contributed by atoms with Crippen LogP contribution in [0.5, 0.6) is 5.75 Å². The van der Waals surface area contributed by atoms with Gasteiger partial charge in [-0.2, -0.15) is 0 Å². The Kier molecular flexibility index (Phi) is 10.7. The highest BCUT2D eigenvalue weighted by atomic mass is 35.5. The molecule has 0 bridgehead atoms. The van der Waals surface area contributed by atoms with E-state index in [0.29, 0.717) is 39.9 Å². The molecular formula is C30H32Cl2N6O4. The number of azide groups is 1. The van der Waals surface area contributed by atoms with Crippen molar-refractivity contribution < 1.29 is 19.4 Å². The zero-order chi connectivity index (χ0) is 30.1. The lowest BCUT2D eigenvalue weighted by Crippen LogP contribution is -2.55. The van der Waals surface area contributed by atoms with Crippen LogP contribution in [-0.2, 0) is 22.5 Å². The van der Waals surface area contributed by atoms with Crippen LogP contribution in [0.1, 0.15) is 48.6 Å². The van der Waals surface area contributed by atoms with Gasteiger partial charge in [0.1, 0.15) is 5.75 Å². The highest BCUT2D eigenvalue weighted by Gasteiger charge is 2.54. The molecule has 1 amide bonds. The van der Waals surface area contributed by atoms with Crippen LogP contribution < -0.4 is 15.6 Å². The van der Waals surface area contributed by atoms with Gasteiger partial charge in [0.25, 0.3) is 5.91 Å². The van der Waals surface area contributed by atoms with E-state index in [1.54, 1.807) is 42.5 Å². The van der Waals surface area contributed by atoms with Crippen molar-refractivity contribution in [1.29, 1.82) is 0 Å².